The molecule has 6 heteroatoms. The van der Waals surface area contributed by atoms with Gasteiger partial charge < -0.3 is 11.1 Å². The smallest absolute Gasteiger partial charge is 0.267 e. The quantitative estimate of drug-likeness (QED) is 0.322. The molecule has 2 aromatic heterocycles. The normalized spacial score (nSPS) is 15.7. The number of hydrogen-bond donors (Lipinski definition) is 2. The third kappa shape index (κ3) is 3.58. The molecule has 0 saturated heterocycles. The van der Waals surface area contributed by atoms with Crippen molar-refractivity contribution in [2.75, 3.05) is 11.1 Å². The van der Waals surface area contributed by atoms with E-state index in [1.807, 2.05) is 24.3 Å². The van der Waals surface area contributed by atoms with Crippen molar-refractivity contribution in [1.82, 2.24) is 4.98 Å². The van der Waals surface area contributed by atoms with Gasteiger partial charge in [0.05, 0.1) is 11.4 Å². The second-order valence-electron chi connectivity index (χ2n) is 7.58. The zero-order chi connectivity index (χ0) is 20.7. The van der Waals surface area contributed by atoms with Gasteiger partial charge in [0.1, 0.15) is 9.71 Å². The van der Waals surface area contributed by atoms with Gasteiger partial charge in [0.25, 0.3) is 5.91 Å². The van der Waals surface area contributed by atoms with Gasteiger partial charge in [-0.25, -0.2) is 4.98 Å². The molecule has 0 aliphatic heterocycles. The van der Waals surface area contributed by atoms with E-state index in [0.29, 0.717) is 16.5 Å². The molecule has 0 spiro atoms. The summed E-state index contributed by atoms with van der Waals surface area (Å²) in [6, 6.07) is 20.5. The van der Waals surface area contributed by atoms with Crippen molar-refractivity contribution in [3.8, 4) is 0 Å². The molecule has 4 aromatic rings. The molecule has 2 heterocycles. The van der Waals surface area contributed by atoms with Crippen LogP contribution < -0.4 is 11.1 Å². The van der Waals surface area contributed by atoms with Gasteiger partial charge in [0.15, 0.2) is 0 Å². The first-order chi connectivity index (χ1) is 14.6. The lowest BCUT2D eigenvalue weighted by molar-refractivity contribution is 0.103. The highest BCUT2D eigenvalue weighted by Gasteiger charge is 2.24. The number of hydrogen-bond acceptors (Lipinski definition) is 4. The van der Waals surface area contributed by atoms with Gasteiger partial charge in [0.2, 0.25) is 0 Å². The number of fused-ring (bicyclic) bond motifs is 2. The Bertz CT molecular complexity index is 1250. The van der Waals surface area contributed by atoms with Crippen LogP contribution in [0.1, 0.15) is 38.8 Å². The third-order valence-corrected chi connectivity index (χ3v) is 7.74. The molecule has 1 aliphatic rings. The summed E-state index contributed by atoms with van der Waals surface area (Å²) in [6.07, 6.45) is 3.00. The lowest BCUT2D eigenvalue weighted by atomic mass is 9.82. The first kappa shape index (κ1) is 19.5. The standard InChI is InChI=1S/C24H20IN3OS/c25-18-8-4-5-9-20(18)27-23(29)22-21(26)17-13-16-12-15(14-6-2-1-3-7-14)10-11-19(16)28-24(17)30-22/h1-9,13,15H,10-12,26H2,(H,27,29). The van der Waals surface area contributed by atoms with E-state index in [1.165, 1.54) is 22.5 Å². The van der Waals surface area contributed by atoms with Gasteiger partial charge in [0, 0.05) is 14.7 Å². The number of halogens is 1. The minimum absolute atomic E-state index is 0.181. The summed E-state index contributed by atoms with van der Waals surface area (Å²) in [5.74, 6) is 0.320. The van der Waals surface area contributed by atoms with Gasteiger partial charge in [-0.15, -0.1) is 11.3 Å². The van der Waals surface area contributed by atoms with Gasteiger partial charge in [-0.1, -0.05) is 42.5 Å². The third-order valence-electron chi connectivity index (χ3n) is 5.68. The van der Waals surface area contributed by atoms with Crippen molar-refractivity contribution < 1.29 is 4.79 Å². The highest BCUT2D eigenvalue weighted by atomic mass is 127. The maximum atomic E-state index is 12.9. The molecule has 0 radical (unpaired) electrons. The Kier molecular flexibility index (Phi) is 5.20. The van der Waals surface area contributed by atoms with Crippen molar-refractivity contribution in [3.05, 3.63) is 85.9 Å². The van der Waals surface area contributed by atoms with Crippen LogP contribution in [0, 0.1) is 3.57 Å². The van der Waals surface area contributed by atoms with Crippen molar-refractivity contribution in [2.24, 2.45) is 0 Å². The zero-order valence-electron chi connectivity index (χ0n) is 16.2. The number of amides is 1. The Morgan fingerprint density at radius 1 is 1.13 bits per heavy atom. The van der Waals surface area contributed by atoms with Gasteiger partial charge in [-0.2, -0.15) is 0 Å². The van der Waals surface area contributed by atoms with E-state index in [4.69, 9.17) is 10.7 Å². The molecule has 150 valence electrons. The predicted octanol–water partition coefficient (Wildman–Crippen LogP) is 6.01. The van der Waals surface area contributed by atoms with Crippen molar-refractivity contribution in [3.63, 3.8) is 0 Å². The van der Waals surface area contributed by atoms with Crippen LogP contribution in [-0.4, -0.2) is 10.9 Å². The minimum Gasteiger partial charge on any atom is -0.397 e. The number of aryl methyl sites for hydroxylation is 1. The van der Waals surface area contributed by atoms with E-state index >= 15 is 0 Å². The minimum atomic E-state index is -0.181. The average Bonchev–Trinajstić information content (AvgIpc) is 3.09. The Balaban J connectivity index is 1.47. The maximum absolute atomic E-state index is 12.9. The van der Waals surface area contributed by atoms with Gasteiger partial charge in [-0.05, 0) is 77.1 Å². The predicted molar refractivity (Wildman–Crippen MR) is 132 cm³/mol. The number of rotatable bonds is 3. The Labute approximate surface area is 192 Å². The highest BCUT2D eigenvalue weighted by molar-refractivity contribution is 14.1. The lowest BCUT2D eigenvalue weighted by Crippen LogP contribution is -2.14. The largest absolute Gasteiger partial charge is 0.397 e. The monoisotopic (exact) mass is 525 g/mol. The highest BCUT2D eigenvalue weighted by Crippen LogP contribution is 2.38. The number of benzene rings is 2. The van der Waals surface area contributed by atoms with E-state index in [-0.39, 0.29) is 5.91 Å². The summed E-state index contributed by atoms with van der Waals surface area (Å²) in [4.78, 5) is 19.2. The summed E-state index contributed by atoms with van der Waals surface area (Å²) in [6.45, 7) is 0. The summed E-state index contributed by atoms with van der Waals surface area (Å²) >= 11 is 3.59. The number of pyridine rings is 1. The molecule has 0 fully saturated rings. The first-order valence-corrected chi connectivity index (χ1v) is 11.8. The number of nitrogens with two attached hydrogens (primary N) is 1. The number of aromatic nitrogens is 1. The number of nitrogens with zero attached hydrogens (tertiary/aromatic N) is 1. The molecule has 30 heavy (non-hydrogen) atoms. The van der Waals surface area contributed by atoms with E-state index in [2.05, 4.69) is 64.3 Å². The lowest BCUT2D eigenvalue weighted by Gasteiger charge is -2.24. The van der Waals surface area contributed by atoms with E-state index < -0.39 is 0 Å². The molecule has 1 amide bonds. The number of carbonyl (C=O) groups excluding carboxylic acids is 1. The van der Waals surface area contributed by atoms with Crippen LogP contribution in [0.25, 0.3) is 10.2 Å². The Morgan fingerprint density at radius 3 is 2.70 bits per heavy atom. The molecule has 0 saturated carbocycles. The fraction of sp³-hybridized carbons (Fsp3) is 0.167. The van der Waals surface area contributed by atoms with Crippen LogP contribution >= 0.6 is 33.9 Å². The molecule has 4 nitrogen and oxygen atoms in total. The molecular formula is C24H20IN3OS. The zero-order valence-corrected chi connectivity index (χ0v) is 19.2. The number of nitrogens with one attached hydrogen (secondary N) is 1. The van der Waals surface area contributed by atoms with Crippen molar-refractivity contribution in [1.29, 1.82) is 0 Å². The topological polar surface area (TPSA) is 68.0 Å². The van der Waals surface area contributed by atoms with Crippen LogP contribution in [-0.2, 0) is 12.8 Å². The molecule has 1 atom stereocenters. The molecular weight excluding hydrogens is 505 g/mol. The number of carbonyl (C=O) groups is 1. The summed E-state index contributed by atoms with van der Waals surface area (Å²) in [7, 11) is 0. The number of para-hydroxylation sites is 1. The molecule has 1 aliphatic carbocycles. The van der Waals surface area contributed by atoms with Gasteiger partial charge in [-0.3, -0.25) is 4.79 Å². The van der Waals surface area contributed by atoms with Crippen LogP contribution in [0.4, 0.5) is 11.4 Å². The number of anilines is 2. The van der Waals surface area contributed by atoms with Crippen molar-refractivity contribution >= 4 is 61.4 Å². The van der Waals surface area contributed by atoms with Crippen LogP contribution in [0.5, 0.6) is 0 Å². The summed E-state index contributed by atoms with van der Waals surface area (Å²) in [5.41, 5.74) is 11.5. The van der Waals surface area contributed by atoms with E-state index in [9.17, 15) is 4.79 Å². The fourth-order valence-corrected chi connectivity index (χ4v) is 5.62. The maximum Gasteiger partial charge on any atom is 0.267 e. The van der Waals surface area contributed by atoms with Crippen molar-refractivity contribution in [2.45, 2.75) is 25.2 Å². The fourth-order valence-electron chi connectivity index (χ4n) is 4.11. The molecule has 0 bridgehead atoms. The van der Waals surface area contributed by atoms with E-state index in [1.54, 1.807) is 0 Å². The second-order valence-corrected chi connectivity index (χ2v) is 9.74. The second kappa shape index (κ2) is 8.00. The van der Waals surface area contributed by atoms with Crippen LogP contribution in [0.3, 0.4) is 0 Å². The number of nitrogen functional groups attached to an aromatic ring is 1. The molecule has 5 rings (SSSR count). The first-order valence-electron chi connectivity index (χ1n) is 9.91. The van der Waals surface area contributed by atoms with Crippen LogP contribution in [0.15, 0.2) is 60.7 Å². The van der Waals surface area contributed by atoms with E-state index in [0.717, 1.165) is 44.4 Å². The van der Waals surface area contributed by atoms with Crippen LogP contribution in [0.2, 0.25) is 0 Å². The molecule has 3 N–H and O–H groups in total. The van der Waals surface area contributed by atoms with Gasteiger partial charge >= 0.3 is 0 Å². The molecule has 2 aromatic carbocycles. The summed E-state index contributed by atoms with van der Waals surface area (Å²) in [5, 5.41) is 3.87. The number of thiophene rings is 1. The Morgan fingerprint density at radius 2 is 1.90 bits per heavy atom. The average molecular weight is 525 g/mol. The summed E-state index contributed by atoms with van der Waals surface area (Å²) < 4.78 is 0.990. The SMILES string of the molecule is Nc1c(C(=O)Nc2ccccc2I)sc2nc3c(cc12)CC(c1ccccc1)CC3. The Hall–Kier alpha value is -2.45. The molecule has 1 unspecified atom stereocenters.